The SMILES string of the molecule is CCCC1CC(=O)NC2CC(NC(=O)/C=C\c3ccccc3)CCC12. The van der Waals surface area contributed by atoms with Gasteiger partial charge >= 0.3 is 0 Å². The maximum Gasteiger partial charge on any atom is 0.244 e. The summed E-state index contributed by atoms with van der Waals surface area (Å²) in [5, 5.41) is 6.27. The first-order chi connectivity index (χ1) is 12.2. The molecular weight excluding hydrogens is 312 g/mol. The molecule has 2 fully saturated rings. The van der Waals surface area contributed by atoms with Crippen molar-refractivity contribution in [3.8, 4) is 0 Å². The Morgan fingerprint density at radius 3 is 2.84 bits per heavy atom. The van der Waals surface area contributed by atoms with Gasteiger partial charge in [-0.3, -0.25) is 9.59 Å². The fourth-order valence-electron chi connectivity index (χ4n) is 4.38. The van der Waals surface area contributed by atoms with Crippen molar-refractivity contribution >= 4 is 17.9 Å². The Kier molecular flexibility index (Phi) is 5.90. The minimum Gasteiger partial charge on any atom is -0.353 e. The summed E-state index contributed by atoms with van der Waals surface area (Å²) in [6.07, 6.45) is 9.30. The monoisotopic (exact) mass is 340 g/mol. The lowest BCUT2D eigenvalue weighted by molar-refractivity contribution is -0.127. The summed E-state index contributed by atoms with van der Waals surface area (Å²) in [4.78, 5) is 24.2. The van der Waals surface area contributed by atoms with E-state index in [2.05, 4.69) is 17.6 Å². The molecule has 4 nitrogen and oxygen atoms in total. The van der Waals surface area contributed by atoms with Gasteiger partial charge in [-0.1, -0.05) is 43.7 Å². The normalized spacial score (nSPS) is 29.1. The van der Waals surface area contributed by atoms with Gasteiger partial charge in [-0.05, 0) is 49.2 Å². The first-order valence-corrected chi connectivity index (χ1v) is 9.48. The number of carbonyl (C=O) groups excluding carboxylic acids is 2. The molecule has 2 amide bonds. The lowest BCUT2D eigenvalue weighted by Crippen LogP contribution is -2.55. The van der Waals surface area contributed by atoms with Gasteiger partial charge in [0.1, 0.15) is 0 Å². The Labute approximate surface area is 150 Å². The van der Waals surface area contributed by atoms with Crippen LogP contribution < -0.4 is 10.6 Å². The fourth-order valence-corrected chi connectivity index (χ4v) is 4.38. The molecule has 25 heavy (non-hydrogen) atoms. The van der Waals surface area contributed by atoms with Gasteiger partial charge in [0.2, 0.25) is 11.8 Å². The Morgan fingerprint density at radius 2 is 2.08 bits per heavy atom. The molecule has 2 N–H and O–H groups in total. The van der Waals surface area contributed by atoms with Crippen LogP contribution in [0.1, 0.15) is 51.0 Å². The molecule has 1 heterocycles. The Morgan fingerprint density at radius 1 is 1.28 bits per heavy atom. The topological polar surface area (TPSA) is 58.2 Å². The molecule has 0 aromatic heterocycles. The van der Waals surface area contributed by atoms with E-state index < -0.39 is 0 Å². The first kappa shape index (κ1) is 17.7. The number of hydrogen-bond acceptors (Lipinski definition) is 2. The van der Waals surface area contributed by atoms with Crippen LogP contribution in [0.3, 0.4) is 0 Å². The van der Waals surface area contributed by atoms with Gasteiger partial charge in [0.05, 0.1) is 0 Å². The van der Waals surface area contributed by atoms with Crippen molar-refractivity contribution in [2.45, 2.75) is 57.5 Å². The van der Waals surface area contributed by atoms with E-state index in [-0.39, 0.29) is 23.9 Å². The summed E-state index contributed by atoms with van der Waals surface area (Å²) in [6, 6.07) is 10.2. The number of hydrogen-bond donors (Lipinski definition) is 2. The van der Waals surface area contributed by atoms with E-state index in [4.69, 9.17) is 0 Å². The van der Waals surface area contributed by atoms with E-state index in [1.807, 2.05) is 36.4 Å². The minimum absolute atomic E-state index is 0.0560. The van der Waals surface area contributed by atoms with E-state index >= 15 is 0 Å². The molecular formula is C21H28N2O2. The van der Waals surface area contributed by atoms with Gasteiger partial charge in [-0.25, -0.2) is 0 Å². The van der Waals surface area contributed by atoms with Gasteiger partial charge in [-0.2, -0.15) is 0 Å². The summed E-state index contributed by atoms with van der Waals surface area (Å²) in [6.45, 7) is 2.19. The molecule has 1 saturated carbocycles. The highest BCUT2D eigenvalue weighted by Crippen LogP contribution is 2.37. The minimum atomic E-state index is -0.0560. The standard InChI is InChI=1S/C21H28N2O2/c1-2-6-16-13-21(25)23-19-14-17(10-11-18(16)19)22-20(24)12-9-15-7-4-3-5-8-15/h3-5,7-9,12,16-19H,2,6,10-11,13-14H2,1H3,(H,22,24)(H,23,25)/b12-9-. The molecule has 1 aromatic carbocycles. The molecule has 1 aromatic rings. The lowest BCUT2D eigenvalue weighted by atomic mass is 9.70. The molecule has 1 saturated heterocycles. The van der Waals surface area contributed by atoms with Crippen LogP contribution in [0.4, 0.5) is 0 Å². The van der Waals surface area contributed by atoms with Gasteiger partial charge in [0.25, 0.3) is 0 Å². The van der Waals surface area contributed by atoms with E-state index in [9.17, 15) is 9.59 Å². The van der Waals surface area contributed by atoms with Gasteiger partial charge in [0.15, 0.2) is 0 Å². The van der Waals surface area contributed by atoms with Crippen LogP contribution in [0.25, 0.3) is 6.08 Å². The van der Waals surface area contributed by atoms with Crippen LogP contribution in [0, 0.1) is 11.8 Å². The van der Waals surface area contributed by atoms with Gasteiger partial charge in [-0.15, -0.1) is 0 Å². The Balaban J connectivity index is 1.54. The number of benzene rings is 1. The summed E-state index contributed by atoms with van der Waals surface area (Å²) in [5.41, 5.74) is 1.02. The van der Waals surface area contributed by atoms with Crippen LogP contribution in [-0.2, 0) is 9.59 Å². The predicted molar refractivity (Wildman–Crippen MR) is 99.7 cm³/mol. The molecule has 0 bridgehead atoms. The quantitative estimate of drug-likeness (QED) is 0.808. The van der Waals surface area contributed by atoms with Crippen molar-refractivity contribution in [3.05, 3.63) is 42.0 Å². The molecule has 0 radical (unpaired) electrons. The number of amides is 2. The number of piperidine rings is 1. The van der Waals surface area contributed by atoms with Gasteiger partial charge < -0.3 is 10.6 Å². The number of rotatable bonds is 5. The van der Waals surface area contributed by atoms with E-state index in [1.165, 1.54) is 0 Å². The van der Waals surface area contributed by atoms with Crippen LogP contribution in [0.2, 0.25) is 0 Å². The average molecular weight is 340 g/mol. The third-order valence-electron chi connectivity index (χ3n) is 5.54. The Hall–Kier alpha value is -2.10. The number of carbonyl (C=O) groups is 2. The molecule has 1 aliphatic carbocycles. The first-order valence-electron chi connectivity index (χ1n) is 9.48. The molecule has 134 valence electrons. The van der Waals surface area contributed by atoms with Crippen molar-refractivity contribution in [2.75, 3.05) is 0 Å². The van der Waals surface area contributed by atoms with Crippen LogP contribution in [0.15, 0.2) is 36.4 Å². The highest BCUT2D eigenvalue weighted by atomic mass is 16.2. The molecule has 1 aliphatic heterocycles. The Bertz CT molecular complexity index is 626. The second-order valence-electron chi connectivity index (χ2n) is 7.35. The summed E-state index contributed by atoms with van der Waals surface area (Å²) in [7, 11) is 0. The van der Waals surface area contributed by atoms with Crippen molar-refractivity contribution in [2.24, 2.45) is 11.8 Å². The molecule has 3 rings (SSSR count). The third kappa shape index (κ3) is 4.71. The fraction of sp³-hybridized carbons (Fsp3) is 0.524. The highest BCUT2D eigenvalue weighted by Gasteiger charge is 2.40. The number of fused-ring (bicyclic) bond motifs is 1. The van der Waals surface area contributed by atoms with Crippen LogP contribution in [0.5, 0.6) is 0 Å². The largest absolute Gasteiger partial charge is 0.353 e. The molecule has 4 heteroatoms. The summed E-state index contributed by atoms with van der Waals surface area (Å²) in [5.74, 6) is 1.21. The molecule has 4 atom stereocenters. The molecule has 4 unspecified atom stereocenters. The second-order valence-corrected chi connectivity index (χ2v) is 7.35. The second kappa shape index (κ2) is 8.32. The maximum atomic E-state index is 12.2. The highest BCUT2D eigenvalue weighted by molar-refractivity contribution is 5.91. The lowest BCUT2D eigenvalue weighted by Gasteiger charge is -2.44. The third-order valence-corrected chi connectivity index (χ3v) is 5.54. The van der Waals surface area contributed by atoms with Crippen molar-refractivity contribution in [1.82, 2.24) is 10.6 Å². The van der Waals surface area contributed by atoms with E-state index in [0.717, 1.165) is 37.7 Å². The van der Waals surface area contributed by atoms with Gasteiger partial charge in [0, 0.05) is 24.6 Å². The predicted octanol–water partition coefficient (Wildman–Crippen LogP) is 3.29. The van der Waals surface area contributed by atoms with Crippen molar-refractivity contribution in [1.29, 1.82) is 0 Å². The van der Waals surface area contributed by atoms with Crippen LogP contribution in [-0.4, -0.2) is 23.9 Å². The molecule has 0 spiro atoms. The number of nitrogens with one attached hydrogen (secondary N) is 2. The zero-order chi connectivity index (χ0) is 17.6. The molecule has 2 aliphatic rings. The zero-order valence-electron chi connectivity index (χ0n) is 14.9. The van der Waals surface area contributed by atoms with E-state index in [1.54, 1.807) is 6.08 Å². The zero-order valence-corrected chi connectivity index (χ0v) is 14.9. The maximum absolute atomic E-state index is 12.2. The van der Waals surface area contributed by atoms with E-state index in [0.29, 0.717) is 18.3 Å². The summed E-state index contributed by atoms with van der Waals surface area (Å²) < 4.78 is 0. The smallest absolute Gasteiger partial charge is 0.244 e. The average Bonchev–Trinajstić information content (AvgIpc) is 2.61. The van der Waals surface area contributed by atoms with Crippen molar-refractivity contribution in [3.63, 3.8) is 0 Å². The summed E-state index contributed by atoms with van der Waals surface area (Å²) >= 11 is 0. The van der Waals surface area contributed by atoms with Crippen LogP contribution >= 0.6 is 0 Å². The van der Waals surface area contributed by atoms with Crippen molar-refractivity contribution < 1.29 is 9.59 Å².